The summed E-state index contributed by atoms with van der Waals surface area (Å²) in [5.41, 5.74) is 17.7. The molecule has 0 spiro atoms. The van der Waals surface area contributed by atoms with Gasteiger partial charge in [0.15, 0.2) is 5.82 Å². The van der Waals surface area contributed by atoms with Crippen molar-refractivity contribution in [2.24, 2.45) is 0 Å². The molecule has 0 saturated carbocycles. The molecule has 0 aliphatic rings. The Morgan fingerprint density at radius 3 is 1.19 bits per heavy atom. The summed E-state index contributed by atoms with van der Waals surface area (Å²) in [4.78, 5) is 15.2. The lowest BCUT2D eigenvalue weighted by Gasteiger charge is -2.26. The van der Waals surface area contributed by atoms with Crippen molar-refractivity contribution in [2.45, 2.75) is 78.1 Å². The van der Waals surface area contributed by atoms with Crippen molar-refractivity contribution in [3.8, 4) is 39.6 Å². The summed E-state index contributed by atoms with van der Waals surface area (Å²) in [7, 11) is 0. The van der Waals surface area contributed by atoms with Crippen molar-refractivity contribution >= 4 is 55.9 Å². The average molecular weight is 976 g/mol. The smallest absolute Gasteiger partial charge is 0.160 e. The lowest BCUT2D eigenvalue weighted by molar-refractivity contribution is 0.667. The van der Waals surface area contributed by atoms with Crippen molar-refractivity contribution in [3.05, 3.63) is 248 Å². The van der Waals surface area contributed by atoms with Crippen LogP contribution in [0.3, 0.4) is 0 Å². The van der Waals surface area contributed by atoms with Gasteiger partial charge in [-0.15, -0.1) is 0 Å². The van der Waals surface area contributed by atoms with E-state index in [1.807, 2.05) is 12.1 Å². The molecular formula is C70H65N5. The molecule has 0 N–H and O–H groups in total. The number of para-hydroxylation sites is 2. The molecule has 0 saturated heterocycles. The molecule has 0 radical (unpaired) electrons. The number of benzene rings is 9. The Morgan fingerprint density at radius 1 is 0.333 bits per heavy atom. The van der Waals surface area contributed by atoms with Gasteiger partial charge >= 0.3 is 0 Å². The summed E-state index contributed by atoms with van der Waals surface area (Å²) in [5.74, 6) is 0.690. The van der Waals surface area contributed by atoms with Gasteiger partial charge in [0.05, 0.1) is 22.4 Å². The third-order valence-electron chi connectivity index (χ3n) is 14.5. The highest BCUT2D eigenvalue weighted by molar-refractivity contribution is 6.12. The minimum absolute atomic E-state index is 0.690. The van der Waals surface area contributed by atoms with Crippen LogP contribution in [-0.2, 0) is 12.8 Å². The van der Waals surface area contributed by atoms with Gasteiger partial charge in [0.1, 0.15) is 0 Å². The van der Waals surface area contributed by atoms with Gasteiger partial charge in [0, 0.05) is 67.3 Å². The number of hydrogen-bond donors (Lipinski definition) is 0. The van der Waals surface area contributed by atoms with Gasteiger partial charge in [-0.3, -0.25) is 0 Å². The highest BCUT2D eigenvalue weighted by atomic mass is 15.2. The Balaban J connectivity index is 1.06. The van der Waals surface area contributed by atoms with E-state index in [1.54, 1.807) is 0 Å². The van der Waals surface area contributed by atoms with Gasteiger partial charge in [0.2, 0.25) is 0 Å². The Kier molecular flexibility index (Phi) is 15.0. The fourth-order valence-corrected chi connectivity index (χ4v) is 10.7. The first-order valence-corrected chi connectivity index (χ1v) is 27.2. The molecule has 0 aliphatic carbocycles. The van der Waals surface area contributed by atoms with Crippen molar-refractivity contribution in [1.82, 2.24) is 14.5 Å². The Hall–Kier alpha value is -8.54. The van der Waals surface area contributed by atoms with Crippen LogP contribution in [0.5, 0.6) is 0 Å². The van der Waals surface area contributed by atoms with Crippen molar-refractivity contribution < 1.29 is 0 Å². The Labute approximate surface area is 443 Å². The lowest BCUT2D eigenvalue weighted by atomic mass is 10.0. The fourth-order valence-electron chi connectivity index (χ4n) is 10.7. The van der Waals surface area contributed by atoms with E-state index in [4.69, 9.17) is 9.97 Å². The van der Waals surface area contributed by atoms with Crippen LogP contribution >= 0.6 is 0 Å². The number of nitrogens with zero attached hydrogens (tertiary/aromatic N) is 5. The van der Waals surface area contributed by atoms with Gasteiger partial charge in [-0.25, -0.2) is 9.97 Å². The summed E-state index contributed by atoms with van der Waals surface area (Å²) in [6.45, 7) is 4.56. The second-order valence-corrected chi connectivity index (χ2v) is 19.8. The monoisotopic (exact) mass is 976 g/mol. The maximum atomic E-state index is 5.17. The second-order valence-electron chi connectivity index (χ2n) is 19.8. The van der Waals surface area contributed by atoms with E-state index in [-0.39, 0.29) is 0 Å². The van der Waals surface area contributed by atoms with E-state index >= 15 is 0 Å². The minimum atomic E-state index is 0.690. The molecule has 75 heavy (non-hydrogen) atoms. The van der Waals surface area contributed by atoms with Crippen LogP contribution in [0.1, 0.15) is 76.3 Å². The number of hydrogen-bond acceptors (Lipinski definition) is 4. The molecule has 0 unspecified atom stereocenters. The molecule has 0 aliphatic heterocycles. The van der Waals surface area contributed by atoms with Gasteiger partial charge in [-0.05, 0) is 152 Å². The van der Waals surface area contributed by atoms with Gasteiger partial charge in [-0.2, -0.15) is 0 Å². The molecule has 5 heteroatoms. The van der Waals surface area contributed by atoms with E-state index in [0.29, 0.717) is 5.82 Å². The summed E-state index contributed by atoms with van der Waals surface area (Å²) in [6, 6.07) is 85.7. The zero-order valence-electron chi connectivity index (χ0n) is 43.3. The van der Waals surface area contributed by atoms with Gasteiger partial charge < -0.3 is 14.4 Å². The van der Waals surface area contributed by atoms with Crippen LogP contribution in [0.25, 0.3) is 61.4 Å². The fraction of sp³-hybridized carbons (Fsp3) is 0.171. The molecule has 0 fully saturated rings. The summed E-state index contributed by atoms with van der Waals surface area (Å²) in [5, 5.41) is 2.35. The summed E-state index contributed by atoms with van der Waals surface area (Å²) in [6.07, 6.45) is 12.1. The van der Waals surface area contributed by atoms with Crippen molar-refractivity contribution in [2.75, 3.05) is 9.80 Å². The first-order chi connectivity index (χ1) is 37.1. The Morgan fingerprint density at radius 2 is 0.747 bits per heavy atom. The highest BCUT2D eigenvalue weighted by Crippen LogP contribution is 2.43. The molecular weight excluding hydrogens is 911 g/mol. The number of aromatic nitrogens is 3. The maximum absolute atomic E-state index is 5.17. The predicted octanol–water partition coefficient (Wildman–Crippen LogP) is 19.8. The number of unbranched alkanes of at least 4 members (excludes halogenated alkanes) is 6. The first-order valence-electron chi connectivity index (χ1n) is 27.2. The number of aryl methyl sites for hydroxylation is 2. The zero-order chi connectivity index (χ0) is 50.8. The molecule has 9 aromatic carbocycles. The molecule has 0 atom stereocenters. The lowest BCUT2D eigenvalue weighted by Crippen LogP contribution is -2.10. The van der Waals surface area contributed by atoms with Crippen LogP contribution in [0, 0.1) is 0 Å². The minimum Gasteiger partial charge on any atom is -0.310 e. The standard InChI is InChI=1S/C70H65N5/c1-3-5-7-13-25-52-27-23-37-60(47-52)73(57-33-19-11-20-34-57)62-43-45-68-64(49-62)65-50-63(74(58-35-21-12-22-36-58)61-38-24-28-53(48-61)26-14-8-6-4-2)44-46-69(65)75(68)59-41-39-56(40-42-59)70-71-66(54-29-15-9-16-30-54)51-67(72-70)55-31-17-10-18-32-55/h9-12,15-24,27-51H,3-8,13-14,25-26H2,1-2H3. The molecule has 5 nitrogen and oxygen atoms in total. The van der Waals surface area contributed by atoms with Crippen molar-refractivity contribution in [1.29, 1.82) is 0 Å². The molecule has 0 amide bonds. The predicted molar refractivity (Wildman–Crippen MR) is 318 cm³/mol. The average Bonchev–Trinajstić information content (AvgIpc) is 3.83. The third-order valence-corrected chi connectivity index (χ3v) is 14.5. The second kappa shape index (κ2) is 23.1. The normalized spacial score (nSPS) is 11.3. The van der Waals surface area contributed by atoms with Crippen LogP contribution in [0.15, 0.2) is 237 Å². The third kappa shape index (κ3) is 10.9. The number of fused-ring (bicyclic) bond motifs is 3. The molecule has 370 valence electrons. The summed E-state index contributed by atoms with van der Waals surface area (Å²) >= 11 is 0. The van der Waals surface area contributed by atoms with Crippen molar-refractivity contribution in [3.63, 3.8) is 0 Å². The molecule has 11 aromatic rings. The molecule has 0 bridgehead atoms. The van der Waals surface area contributed by atoms with Gasteiger partial charge in [0.25, 0.3) is 0 Å². The van der Waals surface area contributed by atoms with E-state index < -0.39 is 0 Å². The van der Waals surface area contributed by atoms with Crippen LogP contribution < -0.4 is 9.80 Å². The van der Waals surface area contributed by atoms with E-state index in [0.717, 1.165) is 91.8 Å². The highest BCUT2D eigenvalue weighted by Gasteiger charge is 2.21. The number of anilines is 6. The quantitative estimate of drug-likeness (QED) is 0.0713. The van der Waals surface area contributed by atoms with Gasteiger partial charge in [-0.1, -0.05) is 174 Å². The molecule has 2 aromatic heterocycles. The van der Waals surface area contributed by atoms with E-state index in [1.165, 1.54) is 73.3 Å². The molecule has 2 heterocycles. The van der Waals surface area contributed by atoms with E-state index in [9.17, 15) is 0 Å². The topological polar surface area (TPSA) is 37.2 Å². The van der Waals surface area contributed by atoms with Crippen LogP contribution in [-0.4, -0.2) is 14.5 Å². The molecule has 11 rings (SSSR count). The number of rotatable bonds is 20. The summed E-state index contributed by atoms with van der Waals surface area (Å²) < 4.78 is 2.42. The Bertz CT molecular complexity index is 3410. The zero-order valence-corrected chi connectivity index (χ0v) is 43.3. The maximum Gasteiger partial charge on any atom is 0.160 e. The van der Waals surface area contributed by atoms with Crippen LogP contribution in [0.4, 0.5) is 34.1 Å². The first kappa shape index (κ1) is 48.7. The van der Waals surface area contributed by atoms with E-state index in [2.05, 4.69) is 253 Å². The van der Waals surface area contributed by atoms with Crippen LogP contribution in [0.2, 0.25) is 0 Å². The largest absolute Gasteiger partial charge is 0.310 e. The SMILES string of the molecule is CCCCCCc1cccc(N(c2ccccc2)c2ccc3c(c2)c2cc(N(c4ccccc4)c4cccc(CCCCCC)c4)ccc2n3-c2ccc(-c3nc(-c4ccccc4)cc(-c4ccccc4)n3)cc2)c1.